The summed E-state index contributed by atoms with van der Waals surface area (Å²) in [6, 6.07) is 15.5. The normalized spacial score (nSPS) is 11.3. The second kappa shape index (κ2) is 14.3. The molecule has 0 aliphatic rings. The zero-order chi connectivity index (χ0) is 29.3. The summed E-state index contributed by atoms with van der Waals surface area (Å²) < 4.78 is 16.1. The van der Waals surface area contributed by atoms with Gasteiger partial charge in [-0.1, -0.05) is 39.0 Å². The van der Waals surface area contributed by atoms with Gasteiger partial charge in [0.1, 0.15) is 6.54 Å². The summed E-state index contributed by atoms with van der Waals surface area (Å²) in [7, 11) is 4.81. The zero-order valence-electron chi connectivity index (χ0n) is 24.8. The molecule has 0 N–H and O–H groups in total. The van der Waals surface area contributed by atoms with Gasteiger partial charge in [-0.2, -0.15) is 0 Å². The standard InChI is InChI=1S/C32H42N2O5S/c1-23-15-19-40-29(23)21-33(16-14-24-8-13-27(38-6)28(20-24)39-7)30(35)22-34(17-18-37-5)31(36)25-9-11-26(12-10-25)32(2,3)4/h8-13,15,19-20H,14,16-18,21-22H2,1-7H3. The number of hydrogen-bond donors (Lipinski definition) is 0. The van der Waals surface area contributed by atoms with E-state index in [0.717, 1.165) is 21.6 Å². The van der Waals surface area contributed by atoms with Crippen LogP contribution in [-0.4, -0.2) is 69.2 Å². The molecule has 7 nitrogen and oxygen atoms in total. The molecule has 8 heteroatoms. The molecule has 0 spiro atoms. The number of thiophene rings is 1. The molecule has 3 rings (SSSR count). The molecule has 0 bridgehead atoms. The summed E-state index contributed by atoms with van der Waals surface area (Å²) in [4.78, 5) is 31.9. The maximum atomic E-state index is 13.8. The Kier molecular flexibility index (Phi) is 11.2. The molecule has 0 fully saturated rings. The summed E-state index contributed by atoms with van der Waals surface area (Å²) in [6.07, 6.45) is 0.636. The van der Waals surface area contributed by atoms with Crippen LogP contribution in [0.15, 0.2) is 53.9 Å². The summed E-state index contributed by atoms with van der Waals surface area (Å²) in [6.45, 7) is 10.1. The fourth-order valence-corrected chi connectivity index (χ4v) is 5.26. The quantitative estimate of drug-likeness (QED) is 0.264. The van der Waals surface area contributed by atoms with Gasteiger partial charge in [-0.3, -0.25) is 9.59 Å². The van der Waals surface area contributed by atoms with Crippen molar-refractivity contribution in [2.24, 2.45) is 0 Å². The van der Waals surface area contributed by atoms with Crippen LogP contribution in [0, 0.1) is 6.92 Å². The number of benzene rings is 2. The fourth-order valence-electron chi connectivity index (χ4n) is 4.34. The molecule has 0 atom stereocenters. The summed E-state index contributed by atoms with van der Waals surface area (Å²) in [5.41, 5.74) is 3.88. The maximum absolute atomic E-state index is 13.8. The van der Waals surface area contributed by atoms with E-state index in [0.29, 0.717) is 49.7 Å². The highest BCUT2D eigenvalue weighted by atomic mass is 32.1. The lowest BCUT2D eigenvalue weighted by atomic mass is 9.86. The molecule has 0 aliphatic heterocycles. The molecule has 40 heavy (non-hydrogen) atoms. The second-order valence-corrected chi connectivity index (χ2v) is 11.8. The van der Waals surface area contributed by atoms with E-state index >= 15 is 0 Å². The van der Waals surface area contributed by atoms with Gasteiger partial charge in [-0.05, 0) is 71.2 Å². The number of hydrogen-bond acceptors (Lipinski definition) is 6. The highest BCUT2D eigenvalue weighted by Gasteiger charge is 2.24. The van der Waals surface area contributed by atoms with E-state index in [4.69, 9.17) is 14.2 Å². The number of rotatable bonds is 13. The van der Waals surface area contributed by atoms with Gasteiger partial charge >= 0.3 is 0 Å². The number of aryl methyl sites for hydroxylation is 1. The van der Waals surface area contributed by atoms with Gasteiger partial charge in [0.15, 0.2) is 11.5 Å². The summed E-state index contributed by atoms with van der Waals surface area (Å²) in [5.74, 6) is 1.03. The van der Waals surface area contributed by atoms with Crippen molar-refractivity contribution in [1.82, 2.24) is 9.80 Å². The molecular weight excluding hydrogens is 524 g/mol. The van der Waals surface area contributed by atoms with Gasteiger partial charge < -0.3 is 24.0 Å². The van der Waals surface area contributed by atoms with Crippen LogP contribution >= 0.6 is 11.3 Å². The molecule has 0 saturated carbocycles. The third-order valence-corrected chi connectivity index (χ3v) is 7.96. The van der Waals surface area contributed by atoms with Crippen LogP contribution in [0.1, 0.15) is 52.7 Å². The van der Waals surface area contributed by atoms with Crippen LogP contribution in [-0.2, 0) is 27.9 Å². The van der Waals surface area contributed by atoms with Crippen LogP contribution in [0.2, 0.25) is 0 Å². The SMILES string of the molecule is COCCN(CC(=O)N(CCc1ccc(OC)c(OC)c1)Cc1sccc1C)C(=O)c1ccc(C(C)(C)C)cc1. The lowest BCUT2D eigenvalue weighted by molar-refractivity contribution is -0.132. The van der Waals surface area contributed by atoms with Crippen LogP contribution in [0.5, 0.6) is 11.5 Å². The maximum Gasteiger partial charge on any atom is 0.254 e. The van der Waals surface area contributed by atoms with E-state index in [1.165, 1.54) is 0 Å². The van der Waals surface area contributed by atoms with Gasteiger partial charge in [0, 0.05) is 30.6 Å². The Labute approximate surface area is 242 Å². The van der Waals surface area contributed by atoms with Gasteiger partial charge in [0.05, 0.1) is 27.4 Å². The molecule has 216 valence electrons. The first-order valence-electron chi connectivity index (χ1n) is 13.5. The number of nitrogens with zero attached hydrogens (tertiary/aromatic N) is 2. The van der Waals surface area contributed by atoms with Crippen molar-refractivity contribution in [3.63, 3.8) is 0 Å². The molecule has 1 aromatic heterocycles. The smallest absolute Gasteiger partial charge is 0.254 e. The number of methoxy groups -OCH3 is 3. The Balaban J connectivity index is 1.81. The van der Waals surface area contributed by atoms with E-state index in [9.17, 15) is 9.59 Å². The molecule has 2 aromatic carbocycles. The Morgan fingerprint density at radius 2 is 1.57 bits per heavy atom. The number of carbonyl (C=O) groups excluding carboxylic acids is 2. The molecule has 0 radical (unpaired) electrons. The van der Waals surface area contributed by atoms with E-state index in [2.05, 4.69) is 33.8 Å². The van der Waals surface area contributed by atoms with Crippen molar-refractivity contribution in [1.29, 1.82) is 0 Å². The van der Waals surface area contributed by atoms with Crippen LogP contribution < -0.4 is 9.47 Å². The van der Waals surface area contributed by atoms with E-state index < -0.39 is 0 Å². The fraction of sp³-hybridized carbons (Fsp3) is 0.438. The average molecular weight is 567 g/mol. The first-order chi connectivity index (χ1) is 19.1. The topological polar surface area (TPSA) is 68.3 Å². The predicted octanol–water partition coefficient (Wildman–Crippen LogP) is 5.73. The number of ether oxygens (including phenoxy) is 3. The summed E-state index contributed by atoms with van der Waals surface area (Å²) in [5, 5.41) is 2.04. The minimum atomic E-state index is -0.182. The molecule has 3 aromatic rings. The highest BCUT2D eigenvalue weighted by molar-refractivity contribution is 7.10. The molecule has 1 heterocycles. The predicted molar refractivity (Wildman–Crippen MR) is 161 cm³/mol. The van der Waals surface area contributed by atoms with Crippen molar-refractivity contribution >= 4 is 23.2 Å². The minimum absolute atomic E-state index is 0.0123. The Morgan fingerprint density at radius 3 is 2.15 bits per heavy atom. The first-order valence-corrected chi connectivity index (χ1v) is 14.4. The third kappa shape index (κ3) is 8.32. The minimum Gasteiger partial charge on any atom is -0.493 e. The van der Waals surface area contributed by atoms with Gasteiger partial charge in [0.25, 0.3) is 5.91 Å². The van der Waals surface area contributed by atoms with Gasteiger partial charge in [-0.25, -0.2) is 0 Å². The van der Waals surface area contributed by atoms with Crippen molar-refractivity contribution in [2.75, 3.05) is 47.6 Å². The third-order valence-electron chi connectivity index (χ3n) is 6.95. The molecular formula is C32H42N2O5S. The van der Waals surface area contributed by atoms with E-state index in [-0.39, 0.29) is 23.8 Å². The van der Waals surface area contributed by atoms with Crippen molar-refractivity contribution < 1.29 is 23.8 Å². The Morgan fingerprint density at radius 1 is 0.875 bits per heavy atom. The Bertz CT molecular complexity index is 1260. The first kappa shape index (κ1) is 31.2. The van der Waals surface area contributed by atoms with Crippen LogP contribution in [0.25, 0.3) is 0 Å². The average Bonchev–Trinajstić information content (AvgIpc) is 3.35. The van der Waals surface area contributed by atoms with Crippen molar-refractivity contribution in [2.45, 2.75) is 46.1 Å². The van der Waals surface area contributed by atoms with Gasteiger partial charge in [0.2, 0.25) is 5.91 Å². The van der Waals surface area contributed by atoms with Crippen LogP contribution in [0.4, 0.5) is 0 Å². The molecule has 2 amide bonds. The molecule has 0 saturated heterocycles. The summed E-state index contributed by atoms with van der Waals surface area (Å²) >= 11 is 1.64. The largest absolute Gasteiger partial charge is 0.493 e. The van der Waals surface area contributed by atoms with E-state index in [1.54, 1.807) is 37.6 Å². The van der Waals surface area contributed by atoms with Gasteiger partial charge in [-0.15, -0.1) is 11.3 Å². The molecule has 0 aliphatic carbocycles. The zero-order valence-corrected chi connectivity index (χ0v) is 25.6. The molecule has 0 unspecified atom stereocenters. The van der Waals surface area contributed by atoms with Crippen molar-refractivity contribution in [3.05, 3.63) is 81.0 Å². The second-order valence-electron chi connectivity index (χ2n) is 10.8. The number of amides is 2. The highest BCUT2D eigenvalue weighted by Crippen LogP contribution is 2.28. The Hall–Kier alpha value is -3.36. The van der Waals surface area contributed by atoms with Crippen LogP contribution in [0.3, 0.4) is 0 Å². The monoisotopic (exact) mass is 566 g/mol. The van der Waals surface area contributed by atoms with Crippen molar-refractivity contribution in [3.8, 4) is 11.5 Å². The lowest BCUT2D eigenvalue weighted by Gasteiger charge is -2.28. The lowest BCUT2D eigenvalue weighted by Crippen LogP contribution is -2.44. The van der Waals surface area contributed by atoms with E-state index in [1.807, 2.05) is 52.7 Å². The number of carbonyl (C=O) groups is 2.